The third-order valence-electron chi connectivity index (χ3n) is 11.9. The summed E-state index contributed by atoms with van der Waals surface area (Å²) in [6, 6.07) is 9.48. The second kappa shape index (κ2) is 9.06. The number of benzene rings is 1. The number of nitrogens with zero attached hydrogens (tertiary/aromatic N) is 1. The van der Waals surface area contributed by atoms with Crippen molar-refractivity contribution in [3.8, 4) is 0 Å². The Morgan fingerprint density at radius 2 is 1.53 bits per heavy atom. The predicted octanol–water partition coefficient (Wildman–Crippen LogP) is 6.53. The molecule has 0 bridgehead atoms. The highest BCUT2D eigenvalue weighted by molar-refractivity contribution is 5.49. The summed E-state index contributed by atoms with van der Waals surface area (Å²) in [6.45, 7) is 10.3. The van der Waals surface area contributed by atoms with Crippen LogP contribution in [0.15, 0.2) is 35.4 Å². The molecule has 1 spiro atoms. The van der Waals surface area contributed by atoms with Crippen molar-refractivity contribution in [1.82, 2.24) is 0 Å². The summed E-state index contributed by atoms with van der Waals surface area (Å²) in [5.74, 6) is 2.75. The number of anilines is 1. The van der Waals surface area contributed by atoms with Crippen molar-refractivity contribution in [3.05, 3.63) is 41.0 Å². The van der Waals surface area contributed by atoms with E-state index in [-0.39, 0.29) is 11.2 Å². The quantitative estimate of drug-likeness (QED) is 0.423. The van der Waals surface area contributed by atoms with E-state index < -0.39 is 5.79 Å². The highest BCUT2D eigenvalue weighted by Gasteiger charge is 2.63. The summed E-state index contributed by atoms with van der Waals surface area (Å²) in [5.41, 5.74) is 6.55. The van der Waals surface area contributed by atoms with Crippen LogP contribution in [0, 0.1) is 35.0 Å². The van der Waals surface area contributed by atoms with Crippen LogP contribution in [-0.2, 0) is 18.9 Å². The lowest BCUT2D eigenvalue weighted by molar-refractivity contribution is -0.210. The van der Waals surface area contributed by atoms with Crippen LogP contribution in [0.4, 0.5) is 5.69 Å². The van der Waals surface area contributed by atoms with Crippen molar-refractivity contribution in [2.24, 2.45) is 35.0 Å². The topological polar surface area (TPSA) is 40.2 Å². The molecule has 3 saturated carbocycles. The Morgan fingerprint density at radius 1 is 0.842 bits per heavy atom. The van der Waals surface area contributed by atoms with Gasteiger partial charge in [-0.05, 0) is 85.8 Å². The highest BCUT2D eigenvalue weighted by Crippen LogP contribution is 2.69. The van der Waals surface area contributed by atoms with E-state index in [9.17, 15) is 0 Å². The fourth-order valence-electron chi connectivity index (χ4n) is 10.2. The predicted molar refractivity (Wildman–Crippen MR) is 149 cm³/mol. The highest BCUT2D eigenvalue weighted by atomic mass is 16.7. The van der Waals surface area contributed by atoms with Gasteiger partial charge in [-0.3, -0.25) is 0 Å². The van der Waals surface area contributed by atoms with E-state index in [1.807, 2.05) is 0 Å². The van der Waals surface area contributed by atoms with Crippen LogP contribution in [0.3, 0.4) is 0 Å². The zero-order valence-corrected chi connectivity index (χ0v) is 24.1. The van der Waals surface area contributed by atoms with Gasteiger partial charge in [0.25, 0.3) is 0 Å². The molecule has 1 aromatic carbocycles. The van der Waals surface area contributed by atoms with Crippen LogP contribution >= 0.6 is 0 Å². The van der Waals surface area contributed by atoms with Gasteiger partial charge in [-0.1, -0.05) is 37.1 Å². The Kier molecular flexibility index (Phi) is 6.09. The van der Waals surface area contributed by atoms with Gasteiger partial charge in [-0.2, -0.15) is 0 Å². The maximum atomic E-state index is 6.35. The van der Waals surface area contributed by atoms with E-state index >= 15 is 0 Å². The van der Waals surface area contributed by atoms with Crippen molar-refractivity contribution in [2.45, 2.75) is 83.2 Å². The monoisotopic (exact) mass is 521 g/mol. The van der Waals surface area contributed by atoms with Gasteiger partial charge in [0.2, 0.25) is 0 Å². The van der Waals surface area contributed by atoms with Crippen molar-refractivity contribution in [3.63, 3.8) is 0 Å². The minimum Gasteiger partial charge on any atom is -0.378 e. The van der Waals surface area contributed by atoms with Crippen LogP contribution in [0.25, 0.3) is 0 Å². The third kappa shape index (κ3) is 3.78. The fourth-order valence-corrected chi connectivity index (χ4v) is 10.2. The van der Waals surface area contributed by atoms with Crippen LogP contribution in [0.2, 0.25) is 0 Å². The molecule has 2 aliphatic heterocycles. The second-order valence-corrected chi connectivity index (χ2v) is 13.9. The van der Waals surface area contributed by atoms with E-state index in [0.29, 0.717) is 35.5 Å². The largest absolute Gasteiger partial charge is 0.378 e. The molecule has 5 heteroatoms. The Hall–Kier alpha value is -1.40. The van der Waals surface area contributed by atoms with Crippen molar-refractivity contribution < 1.29 is 18.9 Å². The van der Waals surface area contributed by atoms with E-state index in [4.69, 9.17) is 18.9 Å². The van der Waals surface area contributed by atoms with Crippen molar-refractivity contribution >= 4 is 5.69 Å². The second-order valence-electron chi connectivity index (χ2n) is 13.9. The van der Waals surface area contributed by atoms with Crippen molar-refractivity contribution in [1.29, 1.82) is 0 Å². The normalized spacial score (nSPS) is 41.2. The lowest BCUT2D eigenvalue weighted by Crippen LogP contribution is -2.51. The van der Waals surface area contributed by atoms with Crippen LogP contribution in [0.1, 0.15) is 77.2 Å². The van der Waals surface area contributed by atoms with Gasteiger partial charge in [0, 0.05) is 44.5 Å². The van der Waals surface area contributed by atoms with Crippen molar-refractivity contribution in [2.75, 3.05) is 45.4 Å². The maximum absolute atomic E-state index is 6.35. The molecule has 7 rings (SSSR count). The molecule has 38 heavy (non-hydrogen) atoms. The molecule has 5 nitrogen and oxygen atoms in total. The minimum absolute atomic E-state index is 0.207. The summed E-state index contributed by atoms with van der Waals surface area (Å²) in [6.07, 6.45) is 8.17. The van der Waals surface area contributed by atoms with Gasteiger partial charge in [-0.25, -0.2) is 0 Å². The molecule has 7 atom stereocenters. The number of hydrogen-bond acceptors (Lipinski definition) is 5. The van der Waals surface area contributed by atoms with Gasteiger partial charge in [-0.15, -0.1) is 0 Å². The Labute approximate surface area is 229 Å². The Bertz CT molecular complexity index is 1080. The summed E-state index contributed by atoms with van der Waals surface area (Å²) in [7, 11) is 4.26. The van der Waals surface area contributed by atoms with E-state index in [0.717, 1.165) is 45.7 Å². The Balaban J connectivity index is 1.32. The summed E-state index contributed by atoms with van der Waals surface area (Å²) >= 11 is 0. The first kappa shape index (κ1) is 25.6. The molecule has 2 heterocycles. The van der Waals surface area contributed by atoms with E-state index in [2.05, 4.69) is 64.0 Å². The molecular weight excluding hydrogens is 474 g/mol. The first-order valence-electron chi connectivity index (χ1n) is 15.3. The standard InChI is InChI=1S/C33H47NO4/c1-21-18-25-28-10-11-29(32(3)35-14-15-36-32)31(28,2)19-27(22-6-8-23(9-7-22)34(4)5)30(25)24-12-13-33(20-26(21)24)37-16-17-38-33/h6-9,21,25-29H,10-20H2,1-5H3/t21-,25-,26+,27+,28-,29-,31-/m0/s1. The zero-order chi connectivity index (χ0) is 26.3. The zero-order valence-electron chi connectivity index (χ0n) is 24.1. The molecule has 0 aromatic heterocycles. The lowest BCUT2D eigenvalue weighted by Gasteiger charge is -2.57. The molecule has 208 valence electrons. The van der Waals surface area contributed by atoms with E-state index in [1.165, 1.54) is 36.9 Å². The SMILES string of the molecule is C[C@H]1C[C@@H]2C(=C3CCC4(C[C@@H]31)OCCO4)[C@@H](c1ccc(N(C)C)cc1)C[C@]1(C)[C@@H](C3(C)OCCO3)CC[C@@H]21. The van der Waals surface area contributed by atoms with E-state index in [1.54, 1.807) is 11.1 Å². The average Bonchev–Trinajstić information content (AvgIpc) is 3.63. The molecule has 4 aliphatic carbocycles. The summed E-state index contributed by atoms with van der Waals surface area (Å²) < 4.78 is 25.2. The van der Waals surface area contributed by atoms with Gasteiger partial charge in [0.1, 0.15) is 0 Å². The van der Waals surface area contributed by atoms with Gasteiger partial charge in [0.05, 0.1) is 26.4 Å². The number of hydrogen-bond donors (Lipinski definition) is 0. The summed E-state index contributed by atoms with van der Waals surface area (Å²) in [4.78, 5) is 2.20. The minimum atomic E-state index is -0.440. The molecule has 2 saturated heterocycles. The first-order chi connectivity index (χ1) is 18.2. The maximum Gasteiger partial charge on any atom is 0.169 e. The fraction of sp³-hybridized carbons (Fsp3) is 0.758. The molecule has 0 radical (unpaired) electrons. The Morgan fingerprint density at radius 3 is 2.21 bits per heavy atom. The molecule has 0 N–H and O–H groups in total. The molecular formula is C33H47NO4. The molecule has 0 amide bonds. The smallest absolute Gasteiger partial charge is 0.169 e. The molecule has 5 fully saturated rings. The first-order valence-corrected chi connectivity index (χ1v) is 15.3. The number of fused-ring (bicyclic) bond motifs is 4. The van der Waals surface area contributed by atoms with Gasteiger partial charge >= 0.3 is 0 Å². The lowest BCUT2D eigenvalue weighted by atomic mass is 9.49. The van der Waals surface area contributed by atoms with Gasteiger partial charge < -0.3 is 23.8 Å². The summed E-state index contributed by atoms with van der Waals surface area (Å²) in [5, 5.41) is 0. The average molecular weight is 522 g/mol. The molecule has 0 unspecified atom stereocenters. The molecule has 6 aliphatic rings. The number of ether oxygens (including phenoxy) is 4. The van der Waals surface area contributed by atoms with Gasteiger partial charge in [0.15, 0.2) is 11.6 Å². The number of rotatable bonds is 3. The van der Waals surface area contributed by atoms with Crippen LogP contribution in [0.5, 0.6) is 0 Å². The van der Waals surface area contributed by atoms with Crippen LogP contribution in [-0.4, -0.2) is 52.1 Å². The number of allylic oxidation sites excluding steroid dienone is 2. The molecule has 1 aromatic rings. The van der Waals surface area contributed by atoms with Crippen LogP contribution < -0.4 is 4.90 Å². The third-order valence-corrected chi connectivity index (χ3v) is 11.9.